The number of nitrogens with one attached hydrogen (secondary N) is 1. The van der Waals surface area contributed by atoms with E-state index in [-0.39, 0.29) is 12.0 Å². The lowest BCUT2D eigenvalue weighted by Crippen LogP contribution is -2.29. The topological polar surface area (TPSA) is 137 Å². The average molecular weight is 468 g/mol. The van der Waals surface area contributed by atoms with Crippen LogP contribution in [0.15, 0.2) is 24.4 Å². The zero-order valence-electron chi connectivity index (χ0n) is 19.6. The zero-order valence-corrected chi connectivity index (χ0v) is 19.6. The molecule has 11 nitrogen and oxygen atoms in total. The van der Waals surface area contributed by atoms with Gasteiger partial charge in [-0.15, -0.1) is 5.10 Å². The van der Waals surface area contributed by atoms with Gasteiger partial charge in [0.25, 0.3) is 0 Å². The summed E-state index contributed by atoms with van der Waals surface area (Å²) in [6, 6.07) is 5.42. The number of hydrogen-bond donors (Lipinski definition) is 2. The normalized spacial score (nSPS) is 17.9. The summed E-state index contributed by atoms with van der Waals surface area (Å²) in [7, 11) is 1.82. The van der Waals surface area contributed by atoms with Crippen LogP contribution in [-0.4, -0.2) is 53.7 Å². The van der Waals surface area contributed by atoms with Crippen molar-refractivity contribution in [2.45, 2.75) is 52.2 Å². The standard InChI is InChI=1S/C23H29N7O4/c1-4-33-20-10-11-24-23(27-20)25-13-18-21(28-29-30(18)3)17-8-9-19(14(2)26-17)34-16-7-5-6-15(12-16)22(31)32/h8-11,15-16H,4-7,12-13H2,1-3H3,(H,31,32)(H,24,25,27)/t15-,16-/m0/s1. The smallest absolute Gasteiger partial charge is 0.306 e. The Morgan fingerprint density at radius 1 is 1.26 bits per heavy atom. The molecular formula is C23H29N7O4. The van der Waals surface area contributed by atoms with Gasteiger partial charge in [-0.05, 0) is 51.7 Å². The number of pyridine rings is 1. The Morgan fingerprint density at radius 2 is 2.12 bits per heavy atom. The lowest BCUT2D eigenvalue weighted by Gasteiger charge is -2.27. The van der Waals surface area contributed by atoms with Crippen LogP contribution in [0.5, 0.6) is 11.6 Å². The fraction of sp³-hybridized carbons (Fsp3) is 0.478. The van der Waals surface area contributed by atoms with Crippen molar-refractivity contribution < 1.29 is 19.4 Å². The highest BCUT2D eigenvalue weighted by molar-refractivity contribution is 5.70. The van der Waals surface area contributed by atoms with Crippen molar-refractivity contribution >= 4 is 11.9 Å². The average Bonchev–Trinajstić information content (AvgIpc) is 3.20. The molecule has 34 heavy (non-hydrogen) atoms. The molecular weight excluding hydrogens is 438 g/mol. The van der Waals surface area contributed by atoms with E-state index in [2.05, 4.69) is 25.6 Å². The number of rotatable bonds is 9. The molecule has 1 fully saturated rings. The number of nitrogens with zero attached hydrogens (tertiary/aromatic N) is 6. The fourth-order valence-corrected chi connectivity index (χ4v) is 4.05. The number of carbonyl (C=O) groups is 1. The van der Waals surface area contributed by atoms with Crippen molar-refractivity contribution in [1.29, 1.82) is 0 Å². The van der Waals surface area contributed by atoms with Gasteiger partial charge in [0, 0.05) is 19.3 Å². The van der Waals surface area contributed by atoms with Gasteiger partial charge in [0.15, 0.2) is 0 Å². The lowest BCUT2D eigenvalue weighted by molar-refractivity contribution is -0.143. The van der Waals surface area contributed by atoms with E-state index in [1.54, 1.807) is 16.9 Å². The van der Waals surface area contributed by atoms with Gasteiger partial charge in [-0.1, -0.05) is 5.21 Å². The van der Waals surface area contributed by atoms with Gasteiger partial charge in [0.2, 0.25) is 11.8 Å². The van der Waals surface area contributed by atoms with Crippen molar-refractivity contribution in [2.75, 3.05) is 11.9 Å². The molecule has 0 bridgehead atoms. The SMILES string of the molecule is CCOc1ccnc(NCc2c(-c3ccc(O[C@H]4CCC[C@H](C(=O)O)C4)c(C)n3)nnn2C)n1. The monoisotopic (exact) mass is 467 g/mol. The van der Waals surface area contributed by atoms with E-state index >= 15 is 0 Å². The van der Waals surface area contributed by atoms with E-state index in [1.165, 1.54) is 0 Å². The molecule has 0 unspecified atom stereocenters. The van der Waals surface area contributed by atoms with Gasteiger partial charge >= 0.3 is 5.97 Å². The second kappa shape index (κ2) is 10.4. The number of carboxylic acids is 1. The molecule has 180 valence electrons. The quantitative estimate of drug-likeness (QED) is 0.483. The van der Waals surface area contributed by atoms with Crippen LogP contribution < -0.4 is 14.8 Å². The van der Waals surface area contributed by atoms with Gasteiger partial charge in [0.1, 0.15) is 11.4 Å². The summed E-state index contributed by atoms with van der Waals surface area (Å²) in [5, 5.41) is 21.0. The van der Waals surface area contributed by atoms with Crippen LogP contribution in [0.2, 0.25) is 0 Å². The molecule has 2 atom stereocenters. The minimum absolute atomic E-state index is 0.120. The first kappa shape index (κ1) is 23.4. The highest BCUT2D eigenvalue weighted by Gasteiger charge is 2.28. The van der Waals surface area contributed by atoms with Gasteiger partial charge in [0.05, 0.1) is 42.3 Å². The molecule has 2 N–H and O–H groups in total. The molecule has 0 aliphatic heterocycles. The van der Waals surface area contributed by atoms with Gasteiger partial charge < -0.3 is 19.9 Å². The predicted octanol–water partition coefficient (Wildman–Crippen LogP) is 3.01. The second-order valence-corrected chi connectivity index (χ2v) is 8.24. The Balaban J connectivity index is 1.47. The second-order valence-electron chi connectivity index (χ2n) is 8.24. The van der Waals surface area contributed by atoms with Crippen molar-refractivity contribution in [3.63, 3.8) is 0 Å². The Morgan fingerprint density at radius 3 is 2.88 bits per heavy atom. The number of anilines is 1. The predicted molar refractivity (Wildman–Crippen MR) is 124 cm³/mol. The van der Waals surface area contributed by atoms with E-state index in [4.69, 9.17) is 14.5 Å². The number of aliphatic carboxylic acids is 1. The molecule has 0 aromatic carbocycles. The summed E-state index contributed by atoms with van der Waals surface area (Å²) in [6.07, 6.45) is 4.43. The third-order valence-electron chi connectivity index (χ3n) is 5.83. The van der Waals surface area contributed by atoms with Gasteiger partial charge in [-0.25, -0.2) is 14.6 Å². The molecule has 11 heteroatoms. The van der Waals surface area contributed by atoms with Crippen molar-refractivity contribution in [3.8, 4) is 23.0 Å². The number of hydrogen-bond acceptors (Lipinski definition) is 9. The van der Waals surface area contributed by atoms with E-state index in [1.807, 2.05) is 33.0 Å². The lowest BCUT2D eigenvalue weighted by atomic mass is 9.87. The molecule has 0 amide bonds. The maximum atomic E-state index is 11.3. The van der Waals surface area contributed by atoms with Crippen LogP contribution in [0.4, 0.5) is 5.95 Å². The molecule has 1 aliphatic carbocycles. The van der Waals surface area contributed by atoms with Crippen molar-refractivity contribution in [2.24, 2.45) is 13.0 Å². The minimum atomic E-state index is -0.752. The van der Waals surface area contributed by atoms with Gasteiger partial charge in [-0.3, -0.25) is 4.79 Å². The van der Waals surface area contributed by atoms with Crippen molar-refractivity contribution in [1.82, 2.24) is 29.9 Å². The van der Waals surface area contributed by atoms with E-state index in [9.17, 15) is 9.90 Å². The molecule has 3 aromatic heterocycles. The third kappa shape index (κ3) is 5.41. The van der Waals surface area contributed by atoms with E-state index in [0.717, 1.165) is 18.5 Å². The molecule has 4 rings (SSSR count). The Kier molecular flexibility index (Phi) is 7.19. The minimum Gasteiger partial charge on any atom is -0.489 e. The summed E-state index contributed by atoms with van der Waals surface area (Å²) >= 11 is 0. The van der Waals surface area contributed by atoms with E-state index < -0.39 is 5.97 Å². The Bertz CT molecular complexity index is 1150. The largest absolute Gasteiger partial charge is 0.489 e. The van der Waals surface area contributed by atoms with E-state index in [0.29, 0.717) is 60.7 Å². The maximum Gasteiger partial charge on any atom is 0.306 e. The maximum absolute atomic E-state index is 11.3. The summed E-state index contributed by atoms with van der Waals surface area (Å²) in [4.78, 5) is 24.6. The first-order valence-electron chi connectivity index (χ1n) is 11.4. The molecule has 3 heterocycles. The summed E-state index contributed by atoms with van der Waals surface area (Å²) in [5.41, 5.74) is 2.86. The van der Waals surface area contributed by atoms with Crippen LogP contribution in [0.1, 0.15) is 44.0 Å². The van der Waals surface area contributed by atoms with Crippen LogP contribution >= 0.6 is 0 Å². The zero-order chi connectivity index (χ0) is 24.1. The van der Waals surface area contributed by atoms with Crippen molar-refractivity contribution in [3.05, 3.63) is 35.8 Å². The fourth-order valence-electron chi connectivity index (χ4n) is 4.05. The van der Waals surface area contributed by atoms with Crippen LogP contribution in [0.25, 0.3) is 11.4 Å². The molecule has 1 aliphatic rings. The summed E-state index contributed by atoms with van der Waals surface area (Å²) in [5.74, 6) is 0.503. The molecule has 0 radical (unpaired) electrons. The first-order chi connectivity index (χ1) is 16.4. The number of aryl methyl sites for hydroxylation is 2. The van der Waals surface area contributed by atoms with Crippen LogP contribution in [-0.2, 0) is 18.4 Å². The summed E-state index contributed by atoms with van der Waals surface area (Å²) < 4.78 is 13.2. The molecule has 3 aromatic rings. The number of carboxylic acid groups (broad SMARTS) is 1. The number of aromatic nitrogens is 6. The number of ether oxygens (including phenoxy) is 2. The highest BCUT2D eigenvalue weighted by atomic mass is 16.5. The molecule has 0 saturated heterocycles. The van der Waals surface area contributed by atoms with Gasteiger partial charge in [-0.2, -0.15) is 4.98 Å². The van der Waals surface area contributed by atoms with Crippen LogP contribution in [0.3, 0.4) is 0 Å². The molecule has 1 saturated carbocycles. The Hall–Kier alpha value is -3.76. The van der Waals surface area contributed by atoms with Crippen LogP contribution in [0, 0.1) is 12.8 Å². The summed E-state index contributed by atoms with van der Waals surface area (Å²) in [6.45, 7) is 4.69. The third-order valence-corrected chi connectivity index (χ3v) is 5.83. The molecule has 0 spiro atoms. The first-order valence-corrected chi connectivity index (χ1v) is 11.4. The Labute approximate surface area is 197 Å². The highest BCUT2D eigenvalue weighted by Crippen LogP contribution is 2.30.